The summed E-state index contributed by atoms with van der Waals surface area (Å²) in [5.41, 5.74) is 1.33. The number of fused-ring (bicyclic) bond motifs is 1. The zero-order valence-corrected chi connectivity index (χ0v) is 21.8. The number of thiazole rings is 1. The van der Waals surface area contributed by atoms with Crippen LogP contribution in [0.2, 0.25) is 0 Å². The third kappa shape index (κ3) is 4.45. The Kier molecular flexibility index (Phi) is 6.62. The summed E-state index contributed by atoms with van der Waals surface area (Å²) < 4.78 is 50.5. The molecule has 1 fully saturated rings. The van der Waals surface area contributed by atoms with Crippen LogP contribution in [0.15, 0.2) is 36.8 Å². The van der Waals surface area contributed by atoms with E-state index in [1.165, 1.54) is 33.1 Å². The summed E-state index contributed by atoms with van der Waals surface area (Å²) in [6.07, 6.45) is -1.06. The van der Waals surface area contributed by atoms with E-state index in [2.05, 4.69) is 25.1 Å². The molecule has 5 heterocycles. The molecule has 0 saturated carbocycles. The second-order valence-electron chi connectivity index (χ2n) is 9.39. The summed E-state index contributed by atoms with van der Waals surface area (Å²) in [5, 5.41) is 41.9. The van der Waals surface area contributed by atoms with Crippen molar-refractivity contribution >= 4 is 21.7 Å². The Bertz CT molecular complexity index is 1700. The first-order valence-corrected chi connectivity index (χ1v) is 12.9. The zero-order chi connectivity index (χ0) is 28.3. The van der Waals surface area contributed by atoms with Gasteiger partial charge in [0.15, 0.2) is 28.9 Å². The van der Waals surface area contributed by atoms with Gasteiger partial charge in [0.05, 0.1) is 34.4 Å². The highest BCUT2D eigenvalue weighted by Gasteiger charge is 2.48. The molecular weight excluding hydrogens is 551 g/mol. The van der Waals surface area contributed by atoms with E-state index in [1.54, 1.807) is 13.1 Å². The third-order valence-electron chi connectivity index (χ3n) is 6.69. The SMILES string of the molecule is Cc1nc([C@@H]2OC(CO)[C@H](O)C(n3cc(-c4cc(F)c(F)c(F)c4)cn3)[C@@H]2O)n(-c2cnc3nc(C)sc3c2)n1. The summed E-state index contributed by atoms with van der Waals surface area (Å²) in [6.45, 7) is 2.94. The van der Waals surface area contributed by atoms with Crippen molar-refractivity contribution in [1.82, 2.24) is 34.5 Å². The average Bonchev–Trinajstić information content (AvgIpc) is 3.64. The lowest BCUT2D eigenvalue weighted by Gasteiger charge is -2.41. The van der Waals surface area contributed by atoms with Gasteiger partial charge in [0, 0.05) is 11.8 Å². The van der Waals surface area contributed by atoms with Gasteiger partial charge in [-0.25, -0.2) is 32.8 Å². The molecule has 0 radical (unpaired) electrons. The minimum atomic E-state index is -1.60. The number of halogens is 3. The Morgan fingerprint density at radius 3 is 2.48 bits per heavy atom. The maximum atomic E-state index is 13.8. The van der Waals surface area contributed by atoms with Crippen molar-refractivity contribution < 1.29 is 33.2 Å². The van der Waals surface area contributed by atoms with Gasteiger partial charge >= 0.3 is 0 Å². The molecule has 0 bridgehead atoms. The van der Waals surface area contributed by atoms with Crippen LogP contribution in [-0.4, -0.2) is 74.8 Å². The van der Waals surface area contributed by atoms with Gasteiger partial charge in [0.1, 0.15) is 36.3 Å². The lowest BCUT2D eigenvalue weighted by atomic mass is 9.92. The average molecular weight is 574 g/mol. The van der Waals surface area contributed by atoms with Crippen LogP contribution in [0.4, 0.5) is 13.2 Å². The Labute approximate surface area is 228 Å². The van der Waals surface area contributed by atoms with Gasteiger partial charge < -0.3 is 20.1 Å². The first-order valence-electron chi connectivity index (χ1n) is 12.1. The van der Waals surface area contributed by atoms with E-state index in [4.69, 9.17) is 4.74 Å². The highest BCUT2D eigenvalue weighted by molar-refractivity contribution is 7.18. The Hall–Kier alpha value is -3.76. The van der Waals surface area contributed by atoms with Crippen molar-refractivity contribution in [3.63, 3.8) is 0 Å². The number of aliphatic hydroxyl groups excluding tert-OH is 3. The molecule has 1 aromatic carbocycles. The molecule has 6 rings (SSSR count). The second kappa shape index (κ2) is 10.0. The number of pyridine rings is 1. The van der Waals surface area contributed by atoms with Gasteiger partial charge in [0.25, 0.3) is 0 Å². The minimum Gasteiger partial charge on any atom is -0.394 e. The lowest BCUT2D eigenvalue weighted by Crippen LogP contribution is -2.53. The van der Waals surface area contributed by atoms with Crippen LogP contribution in [0.1, 0.15) is 28.8 Å². The molecule has 40 heavy (non-hydrogen) atoms. The van der Waals surface area contributed by atoms with Crippen LogP contribution in [0.3, 0.4) is 0 Å². The molecule has 1 saturated heterocycles. The summed E-state index contributed by atoms with van der Waals surface area (Å²) in [4.78, 5) is 13.2. The van der Waals surface area contributed by atoms with E-state index in [0.29, 0.717) is 17.2 Å². The van der Waals surface area contributed by atoms with Crippen LogP contribution in [0.25, 0.3) is 27.2 Å². The highest BCUT2D eigenvalue weighted by atomic mass is 32.1. The molecule has 0 spiro atoms. The number of nitrogens with zero attached hydrogens (tertiary/aromatic N) is 7. The van der Waals surface area contributed by atoms with Crippen molar-refractivity contribution in [1.29, 1.82) is 0 Å². The lowest BCUT2D eigenvalue weighted by molar-refractivity contribution is -0.210. The molecular formula is C25H22F3N7O4S. The number of aromatic nitrogens is 7. The number of benzene rings is 1. The van der Waals surface area contributed by atoms with E-state index < -0.39 is 54.5 Å². The highest BCUT2D eigenvalue weighted by Crippen LogP contribution is 2.39. The van der Waals surface area contributed by atoms with Gasteiger partial charge in [-0.15, -0.1) is 11.3 Å². The molecule has 15 heteroatoms. The van der Waals surface area contributed by atoms with Crippen LogP contribution in [0.5, 0.6) is 0 Å². The summed E-state index contributed by atoms with van der Waals surface area (Å²) in [6, 6.07) is 2.29. The van der Waals surface area contributed by atoms with Crippen LogP contribution in [0, 0.1) is 31.3 Å². The van der Waals surface area contributed by atoms with Gasteiger partial charge in [-0.1, -0.05) is 0 Å². The quantitative estimate of drug-likeness (QED) is 0.270. The van der Waals surface area contributed by atoms with E-state index in [0.717, 1.165) is 21.8 Å². The fourth-order valence-corrected chi connectivity index (χ4v) is 5.66. The van der Waals surface area contributed by atoms with Crippen molar-refractivity contribution in [3.8, 4) is 16.8 Å². The molecule has 208 valence electrons. The van der Waals surface area contributed by atoms with Gasteiger partial charge in [-0.2, -0.15) is 10.2 Å². The van der Waals surface area contributed by atoms with Gasteiger partial charge in [0.2, 0.25) is 0 Å². The molecule has 5 aromatic rings. The van der Waals surface area contributed by atoms with Crippen molar-refractivity contribution in [2.75, 3.05) is 6.61 Å². The zero-order valence-electron chi connectivity index (χ0n) is 21.0. The maximum Gasteiger partial charge on any atom is 0.194 e. The fraction of sp³-hybridized carbons (Fsp3) is 0.320. The number of hydrogen-bond acceptors (Lipinski definition) is 10. The predicted octanol–water partition coefficient (Wildman–Crippen LogP) is 2.56. The molecule has 4 aromatic heterocycles. The predicted molar refractivity (Wildman–Crippen MR) is 135 cm³/mol. The standard InChI is InChI=1S/C25H22F3N7O4S/c1-10-31-25(35(33-10)14-5-18-24(29-7-14)32-11(2)40-18)23-22(38)20(21(37)17(9-36)39-23)34-8-13(6-30-34)12-3-15(26)19(28)16(27)4-12/h3-8,17,20-23,36-38H,9H2,1-2H3/t17?,20?,21-,22-,23+/m0/s1. The number of aryl methyl sites for hydroxylation is 2. The smallest absolute Gasteiger partial charge is 0.194 e. The fourth-order valence-electron chi connectivity index (χ4n) is 4.84. The Morgan fingerprint density at radius 2 is 1.75 bits per heavy atom. The largest absolute Gasteiger partial charge is 0.394 e. The molecule has 1 aliphatic rings. The van der Waals surface area contributed by atoms with Crippen LogP contribution < -0.4 is 0 Å². The van der Waals surface area contributed by atoms with E-state index in [1.807, 2.05) is 13.0 Å². The third-order valence-corrected chi connectivity index (χ3v) is 7.60. The number of hydrogen-bond donors (Lipinski definition) is 3. The normalized spacial score (nSPS) is 23.2. The van der Waals surface area contributed by atoms with Crippen molar-refractivity contribution in [2.45, 2.75) is 44.3 Å². The van der Waals surface area contributed by atoms with Gasteiger partial charge in [-0.3, -0.25) is 4.68 Å². The van der Waals surface area contributed by atoms with Crippen molar-refractivity contribution in [2.24, 2.45) is 0 Å². The first kappa shape index (κ1) is 26.5. The topological polar surface area (TPSA) is 144 Å². The molecule has 3 N–H and O–H groups in total. The minimum absolute atomic E-state index is 0.00510. The van der Waals surface area contributed by atoms with Crippen molar-refractivity contribution in [3.05, 3.63) is 70.9 Å². The summed E-state index contributed by atoms with van der Waals surface area (Å²) in [7, 11) is 0. The molecule has 0 aliphatic carbocycles. The molecule has 1 aliphatic heterocycles. The van der Waals surface area contributed by atoms with E-state index >= 15 is 0 Å². The van der Waals surface area contributed by atoms with Crippen LogP contribution in [-0.2, 0) is 4.74 Å². The van der Waals surface area contributed by atoms with E-state index in [-0.39, 0.29) is 17.0 Å². The van der Waals surface area contributed by atoms with Gasteiger partial charge in [-0.05, 0) is 37.6 Å². The number of ether oxygens (including phenoxy) is 1. The molecule has 0 amide bonds. The Morgan fingerprint density at radius 1 is 1.00 bits per heavy atom. The number of rotatable bonds is 5. The monoisotopic (exact) mass is 573 g/mol. The Balaban J connectivity index is 1.39. The molecule has 11 nitrogen and oxygen atoms in total. The summed E-state index contributed by atoms with van der Waals surface area (Å²) >= 11 is 1.45. The number of aliphatic hydroxyl groups is 3. The second-order valence-corrected chi connectivity index (χ2v) is 10.6. The van der Waals surface area contributed by atoms with E-state index in [9.17, 15) is 28.5 Å². The molecule has 2 unspecified atom stereocenters. The molecule has 5 atom stereocenters. The first-order chi connectivity index (χ1) is 19.1. The summed E-state index contributed by atoms with van der Waals surface area (Å²) in [5.74, 6) is -3.77. The maximum absolute atomic E-state index is 13.8. The van der Waals surface area contributed by atoms with Crippen LogP contribution >= 0.6 is 11.3 Å².